The molecule has 19 heavy (non-hydrogen) atoms. The highest BCUT2D eigenvalue weighted by Crippen LogP contribution is 2.21. The van der Waals surface area contributed by atoms with Gasteiger partial charge in [-0.15, -0.1) is 0 Å². The van der Waals surface area contributed by atoms with Crippen molar-refractivity contribution < 1.29 is 19.8 Å². The number of amides is 3. The van der Waals surface area contributed by atoms with Gasteiger partial charge < -0.3 is 20.8 Å². The summed E-state index contributed by atoms with van der Waals surface area (Å²) in [5.74, 6) is -0.308. The molecule has 0 saturated carbocycles. The molecule has 1 heterocycles. The first-order valence-corrected chi connectivity index (χ1v) is 5.85. The second kappa shape index (κ2) is 5.68. The largest absolute Gasteiger partial charge is 0.394 e. The summed E-state index contributed by atoms with van der Waals surface area (Å²) in [7, 11) is 0. The summed E-state index contributed by atoms with van der Waals surface area (Å²) in [6, 6.07) is 6.27. The zero-order valence-corrected chi connectivity index (χ0v) is 10.2. The number of benzene rings is 1. The van der Waals surface area contributed by atoms with E-state index in [1.165, 1.54) is 0 Å². The molecule has 0 bridgehead atoms. The van der Waals surface area contributed by atoms with Crippen molar-refractivity contribution >= 4 is 23.3 Å². The van der Waals surface area contributed by atoms with Crippen LogP contribution in [0.1, 0.15) is 0 Å². The molecule has 1 unspecified atom stereocenters. The molecule has 0 spiro atoms. The van der Waals surface area contributed by atoms with E-state index < -0.39 is 12.1 Å². The molecule has 102 valence electrons. The molecule has 7 heteroatoms. The Morgan fingerprint density at radius 3 is 2.84 bits per heavy atom. The summed E-state index contributed by atoms with van der Waals surface area (Å²) in [5.41, 5.74) is 1.11. The number of carbonyl (C=O) groups excluding carboxylic acids is 2. The van der Waals surface area contributed by atoms with Gasteiger partial charge in [0.1, 0.15) is 0 Å². The van der Waals surface area contributed by atoms with Crippen LogP contribution in [0.3, 0.4) is 0 Å². The van der Waals surface area contributed by atoms with Crippen molar-refractivity contribution in [3.05, 3.63) is 24.3 Å². The van der Waals surface area contributed by atoms with Gasteiger partial charge >= 0.3 is 6.03 Å². The first kappa shape index (κ1) is 13.3. The lowest BCUT2D eigenvalue weighted by atomic mass is 10.2. The lowest BCUT2D eigenvalue weighted by molar-refractivity contribution is -0.115. The summed E-state index contributed by atoms with van der Waals surface area (Å²) in [6.45, 7) is -0.153. The number of hydrogen-bond donors (Lipinski definition) is 4. The predicted octanol–water partition coefficient (Wildman–Crippen LogP) is -0.492. The van der Waals surface area contributed by atoms with Gasteiger partial charge in [0.05, 0.1) is 24.9 Å². The molecule has 1 atom stereocenters. The van der Waals surface area contributed by atoms with Crippen LogP contribution in [-0.2, 0) is 4.79 Å². The van der Waals surface area contributed by atoms with Crippen molar-refractivity contribution in [2.24, 2.45) is 0 Å². The van der Waals surface area contributed by atoms with Crippen LogP contribution in [0.2, 0.25) is 0 Å². The minimum absolute atomic E-state index is 0.000282. The van der Waals surface area contributed by atoms with Gasteiger partial charge in [-0.1, -0.05) is 6.07 Å². The van der Waals surface area contributed by atoms with E-state index in [0.717, 1.165) is 4.90 Å². The first-order valence-electron chi connectivity index (χ1n) is 5.85. The molecular formula is C12H15N3O4. The third-order valence-electron chi connectivity index (χ3n) is 2.70. The van der Waals surface area contributed by atoms with E-state index in [4.69, 9.17) is 5.11 Å². The van der Waals surface area contributed by atoms with Crippen LogP contribution in [0, 0.1) is 0 Å². The Bertz CT molecular complexity index is 476. The van der Waals surface area contributed by atoms with Gasteiger partial charge in [-0.25, -0.2) is 9.69 Å². The topological polar surface area (TPSA) is 102 Å². The van der Waals surface area contributed by atoms with Crippen LogP contribution >= 0.6 is 0 Å². The molecule has 0 aromatic heterocycles. The number of anilines is 2. The van der Waals surface area contributed by atoms with Crippen molar-refractivity contribution in [3.8, 4) is 0 Å². The number of imide groups is 1. The highest BCUT2D eigenvalue weighted by atomic mass is 16.3. The number of nitrogens with one attached hydrogen (secondary N) is 2. The molecule has 1 fully saturated rings. The fraction of sp³-hybridized carbons (Fsp3) is 0.333. The summed E-state index contributed by atoms with van der Waals surface area (Å²) in [4.78, 5) is 24.1. The lowest BCUT2D eigenvalue weighted by Gasteiger charge is -2.15. The van der Waals surface area contributed by atoms with Crippen LogP contribution in [0.15, 0.2) is 24.3 Å². The molecule has 1 aromatic carbocycles. The first-order chi connectivity index (χ1) is 9.11. The van der Waals surface area contributed by atoms with E-state index in [9.17, 15) is 14.7 Å². The number of hydrogen-bond acceptors (Lipinski definition) is 5. The van der Waals surface area contributed by atoms with Crippen molar-refractivity contribution in [2.75, 3.05) is 29.9 Å². The maximum atomic E-state index is 11.6. The molecule has 0 aliphatic carbocycles. The summed E-state index contributed by atoms with van der Waals surface area (Å²) >= 11 is 0. The van der Waals surface area contributed by atoms with E-state index in [0.29, 0.717) is 11.4 Å². The normalized spacial score (nSPS) is 16.4. The molecule has 1 aliphatic rings. The number of aliphatic hydroxyl groups excluding tert-OH is 2. The third kappa shape index (κ3) is 3.01. The van der Waals surface area contributed by atoms with Crippen molar-refractivity contribution in [3.63, 3.8) is 0 Å². The van der Waals surface area contributed by atoms with Gasteiger partial charge in [-0.05, 0) is 18.2 Å². The van der Waals surface area contributed by atoms with Crippen LogP contribution in [0.5, 0.6) is 0 Å². The zero-order chi connectivity index (χ0) is 13.8. The summed E-state index contributed by atoms with van der Waals surface area (Å²) in [5, 5.41) is 23.3. The van der Waals surface area contributed by atoms with Gasteiger partial charge in [-0.3, -0.25) is 4.79 Å². The maximum Gasteiger partial charge on any atom is 0.329 e. The highest BCUT2D eigenvalue weighted by molar-refractivity contribution is 6.19. The van der Waals surface area contributed by atoms with Crippen LogP contribution < -0.4 is 15.5 Å². The Balaban J connectivity index is 2.11. The van der Waals surface area contributed by atoms with Crippen LogP contribution in [-0.4, -0.2) is 48.0 Å². The number of rotatable bonds is 5. The predicted molar refractivity (Wildman–Crippen MR) is 68.9 cm³/mol. The Morgan fingerprint density at radius 1 is 1.42 bits per heavy atom. The quantitative estimate of drug-likeness (QED) is 0.538. The van der Waals surface area contributed by atoms with E-state index in [2.05, 4.69) is 10.6 Å². The molecule has 1 aromatic rings. The third-order valence-corrected chi connectivity index (χ3v) is 2.70. The molecule has 3 amide bonds. The average Bonchev–Trinajstić information content (AvgIpc) is 2.75. The fourth-order valence-corrected chi connectivity index (χ4v) is 1.74. The minimum Gasteiger partial charge on any atom is -0.394 e. The van der Waals surface area contributed by atoms with E-state index >= 15 is 0 Å². The highest BCUT2D eigenvalue weighted by Gasteiger charge is 2.29. The standard InChI is InChI=1S/C12H15N3O4/c16-7-10(17)5-13-8-2-1-3-9(4-8)15-11(18)6-14-12(15)19/h1-4,10,13,16-17H,5-7H2,(H,14,19). The number of aliphatic hydroxyl groups is 2. The Kier molecular flexibility index (Phi) is 3.98. The summed E-state index contributed by atoms with van der Waals surface area (Å²) < 4.78 is 0. The van der Waals surface area contributed by atoms with Crippen LogP contribution in [0.25, 0.3) is 0 Å². The van der Waals surface area contributed by atoms with E-state index in [-0.39, 0.29) is 25.6 Å². The van der Waals surface area contributed by atoms with Crippen molar-refractivity contribution in [1.82, 2.24) is 5.32 Å². The maximum absolute atomic E-state index is 11.6. The minimum atomic E-state index is -0.861. The molecule has 7 nitrogen and oxygen atoms in total. The number of carbonyl (C=O) groups is 2. The summed E-state index contributed by atoms with van der Waals surface area (Å²) in [6.07, 6.45) is -0.861. The number of nitrogens with zero attached hydrogens (tertiary/aromatic N) is 1. The molecule has 4 N–H and O–H groups in total. The van der Waals surface area contributed by atoms with E-state index in [1.807, 2.05) is 0 Å². The molecule has 1 saturated heterocycles. The smallest absolute Gasteiger partial charge is 0.329 e. The number of urea groups is 1. The van der Waals surface area contributed by atoms with Crippen LogP contribution in [0.4, 0.5) is 16.2 Å². The van der Waals surface area contributed by atoms with Gasteiger partial charge in [-0.2, -0.15) is 0 Å². The van der Waals surface area contributed by atoms with Crippen molar-refractivity contribution in [2.45, 2.75) is 6.10 Å². The Labute approximate surface area is 109 Å². The molecule has 0 radical (unpaired) electrons. The average molecular weight is 265 g/mol. The monoisotopic (exact) mass is 265 g/mol. The SMILES string of the molecule is O=C1CNC(=O)N1c1cccc(NCC(O)CO)c1. The van der Waals surface area contributed by atoms with Gasteiger partial charge in [0, 0.05) is 12.2 Å². The fourth-order valence-electron chi connectivity index (χ4n) is 1.74. The second-order valence-electron chi connectivity index (χ2n) is 4.16. The van der Waals surface area contributed by atoms with Gasteiger partial charge in [0.15, 0.2) is 0 Å². The van der Waals surface area contributed by atoms with Gasteiger partial charge in [0.25, 0.3) is 5.91 Å². The Hall–Kier alpha value is -2.12. The lowest BCUT2D eigenvalue weighted by Crippen LogP contribution is -2.30. The zero-order valence-electron chi connectivity index (χ0n) is 10.2. The second-order valence-corrected chi connectivity index (χ2v) is 4.16. The van der Waals surface area contributed by atoms with E-state index in [1.54, 1.807) is 24.3 Å². The molecule has 1 aliphatic heterocycles. The molecular weight excluding hydrogens is 250 g/mol. The van der Waals surface area contributed by atoms with Crippen molar-refractivity contribution in [1.29, 1.82) is 0 Å². The molecule has 2 rings (SSSR count). The Morgan fingerprint density at radius 2 is 2.21 bits per heavy atom. The van der Waals surface area contributed by atoms with Gasteiger partial charge in [0.2, 0.25) is 0 Å².